The fraction of sp³-hybridized carbons (Fsp3) is 0.533. The summed E-state index contributed by atoms with van der Waals surface area (Å²) in [5, 5.41) is 2.98. The third-order valence-corrected chi connectivity index (χ3v) is 3.11. The molecule has 1 atom stereocenters. The van der Waals surface area contributed by atoms with Gasteiger partial charge < -0.3 is 11.1 Å². The van der Waals surface area contributed by atoms with Crippen LogP contribution in [0.15, 0.2) is 18.2 Å². The van der Waals surface area contributed by atoms with Crippen molar-refractivity contribution in [1.29, 1.82) is 0 Å². The molecule has 0 heterocycles. The van der Waals surface area contributed by atoms with Crippen LogP contribution in [0.4, 0.5) is 5.69 Å². The van der Waals surface area contributed by atoms with E-state index in [-0.39, 0.29) is 5.91 Å². The van der Waals surface area contributed by atoms with Gasteiger partial charge in [-0.25, -0.2) is 0 Å². The fourth-order valence-corrected chi connectivity index (χ4v) is 2.00. The molecule has 100 valence electrons. The zero-order chi connectivity index (χ0) is 13.7. The van der Waals surface area contributed by atoms with Gasteiger partial charge in [-0.3, -0.25) is 4.79 Å². The second kappa shape index (κ2) is 6.55. The number of nitrogens with two attached hydrogens (primary N) is 1. The molecule has 0 radical (unpaired) electrons. The molecule has 0 bridgehead atoms. The van der Waals surface area contributed by atoms with E-state index in [2.05, 4.69) is 25.2 Å². The molecule has 0 aromatic heterocycles. The van der Waals surface area contributed by atoms with Gasteiger partial charge in [0, 0.05) is 5.69 Å². The Kier molecular flexibility index (Phi) is 5.35. The van der Waals surface area contributed by atoms with Crippen LogP contribution >= 0.6 is 0 Å². The SMILES string of the molecule is CCCC(N)C(=O)Nc1c(C)cccc1C(C)C. The molecule has 1 unspecified atom stereocenters. The lowest BCUT2D eigenvalue weighted by Gasteiger charge is -2.18. The van der Waals surface area contributed by atoms with E-state index in [0.717, 1.165) is 23.2 Å². The lowest BCUT2D eigenvalue weighted by molar-refractivity contribution is -0.117. The van der Waals surface area contributed by atoms with E-state index < -0.39 is 6.04 Å². The minimum Gasteiger partial charge on any atom is -0.324 e. The molecule has 3 N–H and O–H groups in total. The van der Waals surface area contributed by atoms with Gasteiger partial charge in [0.05, 0.1) is 6.04 Å². The molecule has 1 amide bonds. The van der Waals surface area contributed by atoms with Crippen molar-refractivity contribution in [3.63, 3.8) is 0 Å². The topological polar surface area (TPSA) is 55.1 Å². The molecule has 3 heteroatoms. The summed E-state index contributed by atoms with van der Waals surface area (Å²) in [5.41, 5.74) is 9.00. The van der Waals surface area contributed by atoms with Crippen LogP contribution in [-0.2, 0) is 4.79 Å². The lowest BCUT2D eigenvalue weighted by Crippen LogP contribution is -2.35. The Morgan fingerprint density at radius 3 is 2.61 bits per heavy atom. The Labute approximate surface area is 110 Å². The van der Waals surface area contributed by atoms with Crippen molar-refractivity contribution in [3.05, 3.63) is 29.3 Å². The molecule has 0 aliphatic heterocycles. The van der Waals surface area contributed by atoms with Crippen molar-refractivity contribution in [2.24, 2.45) is 5.73 Å². The second-order valence-electron chi connectivity index (χ2n) is 5.08. The van der Waals surface area contributed by atoms with Crippen LogP contribution in [0.25, 0.3) is 0 Å². The number of aryl methyl sites for hydroxylation is 1. The van der Waals surface area contributed by atoms with Crippen molar-refractivity contribution in [1.82, 2.24) is 0 Å². The van der Waals surface area contributed by atoms with Gasteiger partial charge in [0.25, 0.3) is 0 Å². The summed E-state index contributed by atoms with van der Waals surface area (Å²) in [6.07, 6.45) is 1.63. The summed E-state index contributed by atoms with van der Waals surface area (Å²) >= 11 is 0. The number of hydrogen-bond acceptors (Lipinski definition) is 2. The maximum atomic E-state index is 12.0. The second-order valence-corrected chi connectivity index (χ2v) is 5.08. The average molecular weight is 248 g/mol. The van der Waals surface area contributed by atoms with Gasteiger partial charge >= 0.3 is 0 Å². The minimum absolute atomic E-state index is 0.0898. The van der Waals surface area contributed by atoms with Crippen LogP contribution in [0.1, 0.15) is 50.7 Å². The minimum atomic E-state index is -0.422. The Morgan fingerprint density at radius 2 is 2.06 bits per heavy atom. The number of anilines is 1. The van der Waals surface area contributed by atoms with Crippen LogP contribution in [0.3, 0.4) is 0 Å². The molecule has 0 spiro atoms. The molecule has 0 fully saturated rings. The molecule has 0 saturated heterocycles. The highest BCUT2D eigenvalue weighted by atomic mass is 16.2. The number of amides is 1. The van der Waals surface area contributed by atoms with Crippen LogP contribution in [0.2, 0.25) is 0 Å². The Balaban J connectivity index is 2.93. The quantitative estimate of drug-likeness (QED) is 0.840. The van der Waals surface area contributed by atoms with Crippen LogP contribution in [0.5, 0.6) is 0 Å². The van der Waals surface area contributed by atoms with E-state index in [1.54, 1.807) is 0 Å². The first-order chi connectivity index (χ1) is 8.47. The Hall–Kier alpha value is -1.35. The first kappa shape index (κ1) is 14.7. The van der Waals surface area contributed by atoms with Gasteiger partial charge in [-0.05, 0) is 30.4 Å². The largest absolute Gasteiger partial charge is 0.324 e. The van der Waals surface area contributed by atoms with E-state index in [0.29, 0.717) is 12.3 Å². The molecular weight excluding hydrogens is 224 g/mol. The third kappa shape index (κ3) is 3.57. The van der Waals surface area contributed by atoms with Crippen molar-refractivity contribution in [3.8, 4) is 0 Å². The molecule has 1 aromatic carbocycles. The van der Waals surface area contributed by atoms with E-state index in [1.807, 2.05) is 26.0 Å². The van der Waals surface area contributed by atoms with E-state index in [1.165, 1.54) is 0 Å². The molecular formula is C15H24N2O. The monoisotopic (exact) mass is 248 g/mol. The third-order valence-electron chi connectivity index (χ3n) is 3.11. The summed E-state index contributed by atoms with van der Waals surface area (Å²) in [5.74, 6) is 0.288. The smallest absolute Gasteiger partial charge is 0.241 e. The van der Waals surface area contributed by atoms with Gasteiger partial charge in [0.2, 0.25) is 5.91 Å². The fourth-order valence-electron chi connectivity index (χ4n) is 2.00. The number of benzene rings is 1. The predicted molar refractivity (Wildman–Crippen MR) is 76.8 cm³/mol. The molecule has 1 rings (SSSR count). The van der Waals surface area contributed by atoms with E-state index >= 15 is 0 Å². The first-order valence-electron chi connectivity index (χ1n) is 6.63. The normalized spacial score (nSPS) is 12.6. The van der Waals surface area contributed by atoms with Crippen molar-refractivity contribution in [2.75, 3.05) is 5.32 Å². The lowest BCUT2D eigenvalue weighted by atomic mass is 9.98. The zero-order valence-corrected chi connectivity index (χ0v) is 11.8. The number of carbonyl (C=O) groups excluding carboxylic acids is 1. The summed E-state index contributed by atoms with van der Waals surface area (Å²) in [7, 11) is 0. The predicted octanol–water partition coefficient (Wildman–Crippen LogP) is 3.18. The summed E-state index contributed by atoms with van der Waals surface area (Å²) in [4.78, 5) is 12.0. The number of carbonyl (C=O) groups is 1. The van der Waals surface area contributed by atoms with Gasteiger partial charge in [-0.2, -0.15) is 0 Å². The average Bonchev–Trinajstić information content (AvgIpc) is 2.31. The van der Waals surface area contributed by atoms with E-state index in [9.17, 15) is 4.79 Å². The molecule has 1 aromatic rings. The number of rotatable bonds is 5. The van der Waals surface area contributed by atoms with Gasteiger partial charge in [-0.15, -0.1) is 0 Å². The number of hydrogen-bond donors (Lipinski definition) is 2. The van der Waals surface area contributed by atoms with Gasteiger partial charge in [0.15, 0.2) is 0 Å². The van der Waals surface area contributed by atoms with Crippen LogP contribution in [0, 0.1) is 6.92 Å². The van der Waals surface area contributed by atoms with E-state index in [4.69, 9.17) is 5.73 Å². The summed E-state index contributed by atoms with van der Waals surface area (Å²) in [6.45, 7) is 8.28. The standard InChI is InChI=1S/C15H24N2O/c1-5-7-13(16)15(18)17-14-11(4)8-6-9-12(14)10(2)3/h6,8-10,13H,5,7,16H2,1-4H3,(H,17,18). The molecule has 0 aliphatic rings. The maximum absolute atomic E-state index is 12.0. The van der Waals surface area contributed by atoms with Crippen molar-refractivity contribution >= 4 is 11.6 Å². The highest BCUT2D eigenvalue weighted by molar-refractivity contribution is 5.96. The maximum Gasteiger partial charge on any atom is 0.241 e. The van der Waals surface area contributed by atoms with Crippen LogP contribution < -0.4 is 11.1 Å². The Bertz CT molecular complexity index is 413. The first-order valence-corrected chi connectivity index (χ1v) is 6.63. The highest BCUT2D eigenvalue weighted by Crippen LogP contribution is 2.27. The Morgan fingerprint density at radius 1 is 1.39 bits per heavy atom. The van der Waals surface area contributed by atoms with Crippen LogP contribution in [-0.4, -0.2) is 11.9 Å². The van der Waals surface area contributed by atoms with Gasteiger partial charge in [0.1, 0.15) is 0 Å². The molecule has 3 nitrogen and oxygen atoms in total. The molecule has 0 aliphatic carbocycles. The summed E-state index contributed by atoms with van der Waals surface area (Å²) in [6, 6.07) is 5.66. The number of para-hydroxylation sites is 1. The molecule has 0 saturated carbocycles. The van der Waals surface area contributed by atoms with Crippen molar-refractivity contribution < 1.29 is 4.79 Å². The van der Waals surface area contributed by atoms with Crippen molar-refractivity contribution in [2.45, 2.75) is 52.5 Å². The number of nitrogens with one attached hydrogen (secondary N) is 1. The van der Waals surface area contributed by atoms with Gasteiger partial charge in [-0.1, -0.05) is 45.4 Å². The zero-order valence-electron chi connectivity index (χ0n) is 11.8. The summed E-state index contributed by atoms with van der Waals surface area (Å²) < 4.78 is 0. The molecule has 18 heavy (non-hydrogen) atoms. The highest BCUT2D eigenvalue weighted by Gasteiger charge is 2.16.